The van der Waals surface area contributed by atoms with Crippen molar-refractivity contribution in [2.24, 2.45) is 5.92 Å². The van der Waals surface area contributed by atoms with Crippen molar-refractivity contribution >= 4 is 34.2 Å². The number of thiazole rings is 1. The fraction of sp³-hybridized carbons (Fsp3) is 0.455. The highest BCUT2D eigenvalue weighted by atomic mass is 32.1. The van der Waals surface area contributed by atoms with Crippen molar-refractivity contribution in [2.45, 2.75) is 46.1 Å². The van der Waals surface area contributed by atoms with Gasteiger partial charge in [0.25, 0.3) is 0 Å². The molecule has 0 atom stereocenters. The summed E-state index contributed by atoms with van der Waals surface area (Å²) < 4.78 is 0. The SMILES string of the molecule is CC(C)C(=O)Nc1nc(CC(=O)NCCCC(=O)N2CCc3ccccc3C2)cs1. The van der Waals surface area contributed by atoms with E-state index in [1.165, 1.54) is 22.5 Å². The van der Waals surface area contributed by atoms with Crippen molar-refractivity contribution in [2.75, 3.05) is 18.4 Å². The molecule has 3 rings (SSSR count). The number of benzene rings is 1. The lowest BCUT2D eigenvalue weighted by atomic mass is 9.99. The van der Waals surface area contributed by atoms with Crippen LogP contribution in [0, 0.1) is 5.92 Å². The van der Waals surface area contributed by atoms with E-state index < -0.39 is 0 Å². The number of nitrogens with one attached hydrogen (secondary N) is 2. The molecule has 1 aromatic heterocycles. The van der Waals surface area contributed by atoms with Crippen LogP contribution in [0.2, 0.25) is 0 Å². The molecule has 0 saturated heterocycles. The van der Waals surface area contributed by atoms with Crippen molar-refractivity contribution in [3.8, 4) is 0 Å². The molecule has 1 aromatic carbocycles. The quantitative estimate of drug-likeness (QED) is 0.633. The molecule has 0 spiro atoms. The molecule has 7 nitrogen and oxygen atoms in total. The summed E-state index contributed by atoms with van der Waals surface area (Å²) in [6.07, 6.45) is 2.08. The fourth-order valence-corrected chi connectivity index (χ4v) is 3.97. The van der Waals surface area contributed by atoms with E-state index in [1.807, 2.05) is 30.9 Å². The molecule has 0 aliphatic carbocycles. The lowest BCUT2D eigenvalue weighted by Crippen LogP contribution is -2.36. The van der Waals surface area contributed by atoms with Crippen LogP contribution in [-0.2, 0) is 33.8 Å². The van der Waals surface area contributed by atoms with Crippen LogP contribution >= 0.6 is 11.3 Å². The Morgan fingerprint density at radius 2 is 1.97 bits per heavy atom. The predicted octanol–water partition coefficient (Wildman–Crippen LogP) is 2.76. The molecule has 2 aromatic rings. The Hall–Kier alpha value is -2.74. The molecule has 0 bridgehead atoms. The van der Waals surface area contributed by atoms with Gasteiger partial charge in [0.2, 0.25) is 17.7 Å². The first-order valence-corrected chi connectivity index (χ1v) is 11.2. The van der Waals surface area contributed by atoms with Crippen LogP contribution in [0.4, 0.5) is 5.13 Å². The summed E-state index contributed by atoms with van der Waals surface area (Å²) in [5.74, 6) is -0.226. The highest BCUT2D eigenvalue weighted by Gasteiger charge is 2.20. The third-order valence-corrected chi connectivity index (χ3v) is 5.83. The molecule has 160 valence electrons. The first-order valence-electron chi connectivity index (χ1n) is 10.3. The second kappa shape index (κ2) is 10.3. The Kier molecular flexibility index (Phi) is 7.57. The van der Waals surface area contributed by atoms with Gasteiger partial charge in [0.05, 0.1) is 12.1 Å². The Bertz CT molecular complexity index is 909. The van der Waals surface area contributed by atoms with Gasteiger partial charge in [-0.25, -0.2) is 4.98 Å². The van der Waals surface area contributed by atoms with Gasteiger partial charge in [-0.3, -0.25) is 14.4 Å². The van der Waals surface area contributed by atoms with Gasteiger partial charge in [-0.05, 0) is 24.0 Å². The van der Waals surface area contributed by atoms with Gasteiger partial charge in [-0.2, -0.15) is 0 Å². The van der Waals surface area contributed by atoms with Crippen molar-refractivity contribution in [3.63, 3.8) is 0 Å². The molecule has 1 aliphatic heterocycles. The van der Waals surface area contributed by atoms with Gasteiger partial charge in [0.1, 0.15) is 0 Å². The van der Waals surface area contributed by atoms with Crippen LogP contribution in [0.1, 0.15) is 43.5 Å². The molecule has 0 unspecified atom stereocenters. The minimum absolute atomic E-state index is 0.0952. The monoisotopic (exact) mass is 428 g/mol. The third-order valence-electron chi connectivity index (χ3n) is 5.02. The van der Waals surface area contributed by atoms with E-state index in [0.29, 0.717) is 36.8 Å². The maximum atomic E-state index is 12.5. The number of amides is 3. The Morgan fingerprint density at radius 1 is 1.20 bits per heavy atom. The molecular formula is C22H28N4O3S. The zero-order valence-corrected chi connectivity index (χ0v) is 18.3. The van der Waals surface area contributed by atoms with Gasteiger partial charge in [-0.1, -0.05) is 38.1 Å². The number of anilines is 1. The molecule has 30 heavy (non-hydrogen) atoms. The fourth-order valence-electron chi connectivity index (χ4n) is 3.26. The highest BCUT2D eigenvalue weighted by molar-refractivity contribution is 7.13. The topological polar surface area (TPSA) is 91.4 Å². The number of carbonyl (C=O) groups is 3. The molecule has 0 saturated carbocycles. The molecule has 8 heteroatoms. The van der Waals surface area contributed by atoms with Gasteiger partial charge in [0, 0.05) is 37.4 Å². The predicted molar refractivity (Wildman–Crippen MR) is 117 cm³/mol. The van der Waals surface area contributed by atoms with Crippen molar-refractivity contribution in [1.82, 2.24) is 15.2 Å². The third kappa shape index (κ3) is 6.13. The molecule has 0 fully saturated rings. The number of hydrogen-bond donors (Lipinski definition) is 2. The zero-order valence-electron chi connectivity index (χ0n) is 17.4. The highest BCUT2D eigenvalue weighted by Crippen LogP contribution is 2.19. The summed E-state index contributed by atoms with van der Waals surface area (Å²) in [5.41, 5.74) is 3.17. The largest absolute Gasteiger partial charge is 0.356 e. The number of aromatic nitrogens is 1. The summed E-state index contributed by atoms with van der Waals surface area (Å²) in [6.45, 7) is 5.50. The van der Waals surface area contributed by atoms with E-state index in [1.54, 1.807) is 5.38 Å². The van der Waals surface area contributed by atoms with Crippen molar-refractivity contribution in [1.29, 1.82) is 0 Å². The zero-order chi connectivity index (χ0) is 21.5. The van der Waals surface area contributed by atoms with Crippen LogP contribution < -0.4 is 10.6 Å². The normalized spacial score (nSPS) is 13.1. The lowest BCUT2D eigenvalue weighted by Gasteiger charge is -2.29. The van der Waals surface area contributed by atoms with Crippen LogP contribution in [0.25, 0.3) is 0 Å². The number of fused-ring (bicyclic) bond motifs is 1. The van der Waals surface area contributed by atoms with E-state index in [9.17, 15) is 14.4 Å². The van der Waals surface area contributed by atoms with Gasteiger partial charge in [-0.15, -0.1) is 11.3 Å². The van der Waals surface area contributed by atoms with E-state index >= 15 is 0 Å². The maximum absolute atomic E-state index is 12.5. The Morgan fingerprint density at radius 3 is 2.73 bits per heavy atom. The first-order chi connectivity index (χ1) is 14.4. The second-order valence-corrected chi connectivity index (χ2v) is 8.61. The van der Waals surface area contributed by atoms with Crippen LogP contribution in [0.5, 0.6) is 0 Å². The minimum atomic E-state index is -0.138. The summed E-state index contributed by atoms with van der Waals surface area (Å²) in [7, 11) is 0. The first kappa shape index (κ1) is 22.0. The van der Waals surface area contributed by atoms with E-state index in [0.717, 1.165) is 13.0 Å². The average molecular weight is 429 g/mol. The standard InChI is InChI=1S/C22H28N4O3S/c1-15(2)21(29)25-22-24-18(14-30-22)12-19(27)23-10-5-8-20(28)26-11-9-16-6-3-4-7-17(16)13-26/h3-4,6-7,14-15H,5,8-13H2,1-2H3,(H,23,27)(H,24,25,29). The van der Waals surface area contributed by atoms with E-state index in [2.05, 4.69) is 27.8 Å². The number of rotatable bonds is 8. The summed E-state index contributed by atoms with van der Waals surface area (Å²) in [4.78, 5) is 42.4. The Balaban J connectivity index is 1.35. The summed E-state index contributed by atoms with van der Waals surface area (Å²) >= 11 is 1.31. The minimum Gasteiger partial charge on any atom is -0.356 e. The summed E-state index contributed by atoms with van der Waals surface area (Å²) in [5, 5.41) is 7.85. The number of nitrogens with zero attached hydrogens (tertiary/aromatic N) is 2. The molecule has 1 aliphatic rings. The van der Waals surface area contributed by atoms with E-state index in [4.69, 9.17) is 0 Å². The maximum Gasteiger partial charge on any atom is 0.228 e. The average Bonchev–Trinajstić information content (AvgIpc) is 3.17. The van der Waals surface area contributed by atoms with Crippen molar-refractivity contribution < 1.29 is 14.4 Å². The Labute approximate surface area is 180 Å². The van der Waals surface area contributed by atoms with Crippen LogP contribution in [0.3, 0.4) is 0 Å². The van der Waals surface area contributed by atoms with E-state index in [-0.39, 0.29) is 30.1 Å². The molecule has 0 radical (unpaired) electrons. The van der Waals surface area contributed by atoms with Gasteiger partial charge >= 0.3 is 0 Å². The van der Waals surface area contributed by atoms with Crippen molar-refractivity contribution in [3.05, 3.63) is 46.5 Å². The van der Waals surface area contributed by atoms with Crippen LogP contribution in [-0.4, -0.2) is 40.7 Å². The van der Waals surface area contributed by atoms with Crippen LogP contribution in [0.15, 0.2) is 29.6 Å². The number of hydrogen-bond acceptors (Lipinski definition) is 5. The molecule has 2 heterocycles. The molecular weight excluding hydrogens is 400 g/mol. The second-order valence-electron chi connectivity index (χ2n) is 7.75. The smallest absolute Gasteiger partial charge is 0.228 e. The lowest BCUT2D eigenvalue weighted by molar-refractivity contribution is -0.132. The van der Waals surface area contributed by atoms with Gasteiger partial charge in [0.15, 0.2) is 5.13 Å². The molecule has 3 amide bonds. The molecule has 2 N–H and O–H groups in total. The van der Waals surface area contributed by atoms with Gasteiger partial charge < -0.3 is 15.5 Å². The number of carbonyl (C=O) groups excluding carboxylic acids is 3. The summed E-state index contributed by atoms with van der Waals surface area (Å²) in [6, 6.07) is 8.24.